The van der Waals surface area contributed by atoms with Crippen molar-refractivity contribution >= 4 is 28.6 Å². The third kappa shape index (κ3) is 1.83. The fourth-order valence-corrected chi connectivity index (χ4v) is 1.12. The Morgan fingerprint density at radius 2 is 1.56 bits per heavy atom. The molecule has 16 heavy (non-hydrogen) atoms. The number of rotatable bonds is 0. The van der Waals surface area contributed by atoms with Gasteiger partial charge < -0.3 is 4.74 Å². The van der Waals surface area contributed by atoms with Crippen LogP contribution < -0.4 is 0 Å². The topological polar surface area (TPSA) is 35.5 Å². The van der Waals surface area contributed by atoms with Crippen molar-refractivity contribution in [3.8, 4) is 0 Å². The highest BCUT2D eigenvalue weighted by atomic mass is 127. The molecule has 0 aromatic carbocycles. The maximum Gasteiger partial charge on any atom is 0.470 e. The molecule has 1 aliphatic rings. The summed E-state index contributed by atoms with van der Waals surface area (Å²) in [6, 6.07) is 0. The van der Waals surface area contributed by atoms with Crippen LogP contribution in [0, 0.1) is 0 Å². The van der Waals surface area contributed by atoms with Gasteiger partial charge in [-0.1, -0.05) is 0 Å². The smallest absolute Gasteiger partial charge is 0.408 e. The Hall–Kier alpha value is -0.330. The van der Waals surface area contributed by atoms with Crippen LogP contribution in [0.4, 0.5) is 30.7 Å². The molecule has 0 spiro atoms. The predicted octanol–water partition coefficient (Wildman–Crippen LogP) is 2.44. The zero-order chi connectivity index (χ0) is 13.0. The number of hydrogen-bond acceptors (Lipinski definition) is 3. The Morgan fingerprint density at radius 3 is 1.94 bits per heavy atom. The summed E-state index contributed by atoms with van der Waals surface area (Å²) in [5, 5.41) is 0. The molecular weight excluding hydrogens is 368 g/mol. The van der Waals surface area contributed by atoms with E-state index in [0.29, 0.717) is 22.6 Å². The number of carbonyl (C=O) groups excluding carboxylic acids is 1. The minimum atomic E-state index is -6.26. The van der Waals surface area contributed by atoms with Gasteiger partial charge in [0.15, 0.2) is 0 Å². The summed E-state index contributed by atoms with van der Waals surface area (Å²) in [5.74, 6) is -8.25. The standard InChI is InChI=1S/C5F7IO3/c6-2(13)1(14)15-3(7,4(8,9)10)5(11,12)16-2. The van der Waals surface area contributed by atoms with E-state index < -0.39 is 28.0 Å². The summed E-state index contributed by atoms with van der Waals surface area (Å²) < 4.78 is 88.2. The van der Waals surface area contributed by atoms with E-state index in [-0.39, 0.29) is 0 Å². The first kappa shape index (κ1) is 13.7. The molecule has 1 fully saturated rings. The zero-order valence-electron chi connectivity index (χ0n) is 6.75. The van der Waals surface area contributed by atoms with Crippen molar-refractivity contribution in [3.05, 3.63) is 0 Å². The van der Waals surface area contributed by atoms with Crippen molar-refractivity contribution in [3.63, 3.8) is 0 Å². The number of alkyl halides is 8. The fourth-order valence-electron chi connectivity index (χ4n) is 0.738. The van der Waals surface area contributed by atoms with Crippen LogP contribution in [0.2, 0.25) is 0 Å². The van der Waals surface area contributed by atoms with E-state index in [0.717, 1.165) is 0 Å². The van der Waals surface area contributed by atoms with Crippen LogP contribution in [0.15, 0.2) is 0 Å². The second-order valence-electron chi connectivity index (χ2n) is 2.62. The molecule has 2 atom stereocenters. The van der Waals surface area contributed by atoms with Crippen LogP contribution >= 0.6 is 22.6 Å². The van der Waals surface area contributed by atoms with Crippen LogP contribution in [0.25, 0.3) is 0 Å². The minimum absolute atomic E-state index is 0.310. The molecule has 0 saturated carbocycles. The summed E-state index contributed by atoms with van der Waals surface area (Å²) in [7, 11) is 0. The highest BCUT2D eigenvalue weighted by molar-refractivity contribution is 14.1. The van der Waals surface area contributed by atoms with Gasteiger partial charge in [0.1, 0.15) is 0 Å². The summed E-state index contributed by atoms with van der Waals surface area (Å²) in [6.45, 7) is 0. The molecule has 0 N–H and O–H groups in total. The van der Waals surface area contributed by atoms with Gasteiger partial charge in [-0.25, -0.2) is 4.79 Å². The molecule has 0 aromatic heterocycles. The van der Waals surface area contributed by atoms with Crippen LogP contribution in [-0.2, 0) is 14.3 Å². The quantitative estimate of drug-likeness (QED) is 0.285. The fraction of sp³-hybridized carbons (Fsp3) is 0.800. The molecule has 0 radical (unpaired) electrons. The van der Waals surface area contributed by atoms with E-state index in [4.69, 9.17) is 0 Å². The van der Waals surface area contributed by atoms with E-state index in [1.807, 2.05) is 0 Å². The second-order valence-corrected chi connectivity index (χ2v) is 4.01. The first-order valence-corrected chi connectivity index (χ1v) is 4.36. The average molecular weight is 368 g/mol. The third-order valence-electron chi connectivity index (χ3n) is 1.47. The predicted molar refractivity (Wildman–Crippen MR) is 39.9 cm³/mol. The Morgan fingerprint density at radius 1 is 1.12 bits per heavy atom. The number of carbonyl (C=O) groups is 1. The van der Waals surface area contributed by atoms with E-state index in [9.17, 15) is 35.5 Å². The summed E-state index contributed by atoms with van der Waals surface area (Å²) in [6.07, 6.45) is -12.0. The highest BCUT2D eigenvalue weighted by Crippen LogP contribution is 2.53. The molecule has 0 bridgehead atoms. The van der Waals surface area contributed by atoms with E-state index >= 15 is 0 Å². The van der Waals surface area contributed by atoms with Crippen molar-refractivity contribution in [1.82, 2.24) is 0 Å². The van der Waals surface area contributed by atoms with Crippen LogP contribution in [-0.4, -0.2) is 28.0 Å². The Kier molecular flexibility index (Phi) is 2.86. The third-order valence-corrected chi connectivity index (χ3v) is 2.13. The molecule has 0 amide bonds. The van der Waals surface area contributed by atoms with Crippen molar-refractivity contribution < 1.29 is 45.0 Å². The van der Waals surface area contributed by atoms with Gasteiger partial charge in [-0.2, -0.15) is 30.7 Å². The lowest BCUT2D eigenvalue weighted by molar-refractivity contribution is -0.480. The Balaban J connectivity index is 3.21. The SMILES string of the molecule is O=C1OC(F)(C(F)(F)F)C(F)(F)OC1(F)I. The minimum Gasteiger partial charge on any atom is -0.408 e. The largest absolute Gasteiger partial charge is 0.470 e. The molecule has 0 aliphatic carbocycles. The first-order chi connectivity index (χ1) is 6.83. The van der Waals surface area contributed by atoms with E-state index in [1.165, 1.54) is 0 Å². The molecule has 0 aromatic rings. The molecule has 1 rings (SSSR count). The molecule has 3 nitrogen and oxygen atoms in total. The molecule has 1 heterocycles. The number of halogens is 8. The summed E-state index contributed by atoms with van der Waals surface area (Å²) >= 11 is 0.310. The average Bonchev–Trinajstić information content (AvgIpc) is 1.97. The highest BCUT2D eigenvalue weighted by Gasteiger charge is 2.81. The molecule has 1 aliphatic heterocycles. The summed E-state index contributed by atoms with van der Waals surface area (Å²) in [5.41, 5.74) is 0. The normalized spacial score (nSPS) is 39.4. The van der Waals surface area contributed by atoms with Crippen molar-refractivity contribution in [2.75, 3.05) is 0 Å². The van der Waals surface area contributed by atoms with Crippen molar-refractivity contribution in [2.24, 2.45) is 0 Å². The van der Waals surface area contributed by atoms with E-state index in [2.05, 4.69) is 9.47 Å². The van der Waals surface area contributed by atoms with Crippen molar-refractivity contribution in [1.29, 1.82) is 0 Å². The van der Waals surface area contributed by atoms with Crippen LogP contribution in [0.5, 0.6) is 0 Å². The van der Waals surface area contributed by atoms with E-state index in [1.54, 1.807) is 0 Å². The number of cyclic esters (lactones) is 1. The van der Waals surface area contributed by atoms with Gasteiger partial charge in [-0.3, -0.25) is 4.74 Å². The van der Waals surface area contributed by atoms with Crippen LogP contribution in [0.1, 0.15) is 0 Å². The van der Waals surface area contributed by atoms with Crippen molar-refractivity contribution in [2.45, 2.75) is 22.0 Å². The Labute approximate surface area is 96.0 Å². The lowest BCUT2D eigenvalue weighted by Gasteiger charge is -2.39. The van der Waals surface area contributed by atoms with Gasteiger partial charge in [0.25, 0.3) is 0 Å². The maximum absolute atomic E-state index is 12.8. The molecular formula is C5F7IO3. The van der Waals surface area contributed by atoms with Gasteiger partial charge >= 0.3 is 28.0 Å². The lowest BCUT2D eigenvalue weighted by atomic mass is 10.2. The first-order valence-electron chi connectivity index (χ1n) is 3.28. The number of hydrogen-bond donors (Lipinski definition) is 0. The van der Waals surface area contributed by atoms with Gasteiger partial charge in [0, 0.05) is 22.6 Å². The lowest BCUT2D eigenvalue weighted by Crippen LogP contribution is -2.66. The van der Waals surface area contributed by atoms with Gasteiger partial charge in [0.05, 0.1) is 0 Å². The number of ether oxygens (including phenoxy) is 2. The van der Waals surface area contributed by atoms with Gasteiger partial charge in [0.2, 0.25) is 0 Å². The second kappa shape index (κ2) is 3.34. The molecule has 2 unspecified atom stereocenters. The van der Waals surface area contributed by atoms with Crippen LogP contribution in [0.3, 0.4) is 0 Å². The molecule has 94 valence electrons. The molecule has 1 saturated heterocycles. The summed E-state index contributed by atoms with van der Waals surface area (Å²) in [4.78, 5) is 10.5. The monoisotopic (exact) mass is 368 g/mol. The van der Waals surface area contributed by atoms with Gasteiger partial charge in [-0.05, 0) is 0 Å². The molecule has 11 heteroatoms. The van der Waals surface area contributed by atoms with Gasteiger partial charge in [-0.15, -0.1) is 0 Å². The maximum atomic E-state index is 12.8. The zero-order valence-corrected chi connectivity index (χ0v) is 8.91. The Bertz CT molecular complexity index is 326. The number of esters is 1.